The lowest BCUT2D eigenvalue weighted by Crippen LogP contribution is -2.27. The van der Waals surface area contributed by atoms with Crippen LogP contribution in [0, 0.1) is 0 Å². The molecule has 0 N–H and O–H groups in total. The van der Waals surface area contributed by atoms with Gasteiger partial charge < -0.3 is 4.74 Å². The molecule has 0 fully saturated rings. The molecule has 0 amide bonds. The average Bonchev–Trinajstić information content (AvgIpc) is 2.43. The van der Waals surface area contributed by atoms with Gasteiger partial charge in [-0.1, -0.05) is 36.4 Å². The Hall–Kier alpha value is -2.35. The summed E-state index contributed by atoms with van der Waals surface area (Å²) in [6.07, 6.45) is 3.84. The first-order chi connectivity index (χ1) is 9.57. The maximum absolute atomic E-state index is 12.7. The van der Waals surface area contributed by atoms with E-state index in [9.17, 15) is 4.79 Å². The summed E-state index contributed by atoms with van der Waals surface area (Å²) < 4.78 is 6.07. The summed E-state index contributed by atoms with van der Waals surface area (Å²) in [7, 11) is 0. The Morgan fingerprint density at radius 1 is 1.00 bits per heavy atom. The highest BCUT2D eigenvalue weighted by molar-refractivity contribution is 6.25. The molecule has 0 unspecified atom stereocenters. The van der Waals surface area contributed by atoms with Crippen LogP contribution in [0.25, 0.3) is 16.5 Å². The van der Waals surface area contributed by atoms with Gasteiger partial charge in [-0.15, -0.1) is 0 Å². The molecule has 4 rings (SSSR count). The summed E-state index contributed by atoms with van der Waals surface area (Å²) in [5.41, 5.74) is 2.07. The van der Waals surface area contributed by atoms with E-state index < -0.39 is 0 Å². The molecule has 0 aromatic heterocycles. The van der Waals surface area contributed by atoms with Crippen LogP contribution in [-0.4, -0.2) is 11.4 Å². The molecule has 2 aromatic carbocycles. The SMILES string of the molecule is CC1(C)C=CC2=C(O1)c1cccc3cccc(c13)C2=O. The molecule has 2 heteroatoms. The minimum absolute atomic E-state index is 0.0519. The van der Waals surface area contributed by atoms with Crippen LogP contribution in [0.15, 0.2) is 54.1 Å². The van der Waals surface area contributed by atoms with Gasteiger partial charge in [-0.2, -0.15) is 0 Å². The Labute approximate surface area is 117 Å². The van der Waals surface area contributed by atoms with Crippen LogP contribution in [-0.2, 0) is 4.74 Å². The highest BCUT2D eigenvalue weighted by Gasteiger charge is 2.33. The quantitative estimate of drug-likeness (QED) is 0.714. The summed E-state index contributed by atoms with van der Waals surface area (Å²) in [6.45, 7) is 4.00. The Morgan fingerprint density at radius 3 is 2.45 bits per heavy atom. The van der Waals surface area contributed by atoms with E-state index in [4.69, 9.17) is 4.74 Å². The molecule has 0 radical (unpaired) electrons. The van der Waals surface area contributed by atoms with E-state index in [2.05, 4.69) is 0 Å². The number of allylic oxidation sites excluding steroid dienone is 2. The van der Waals surface area contributed by atoms with E-state index in [0.29, 0.717) is 11.3 Å². The van der Waals surface area contributed by atoms with Gasteiger partial charge in [0.1, 0.15) is 11.4 Å². The lowest BCUT2D eigenvalue weighted by Gasteiger charge is -2.32. The molecule has 2 aromatic rings. The lowest BCUT2D eigenvalue weighted by molar-refractivity contribution is 0.0998. The summed E-state index contributed by atoms with van der Waals surface area (Å²) in [5.74, 6) is 0.767. The van der Waals surface area contributed by atoms with Crippen molar-refractivity contribution in [3.8, 4) is 0 Å². The zero-order valence-corrected chi connectivity index (χ0v) is 11.4. The van der Waals surface area contributed by atoms with Crippen molar-refractivity contribution in [3.63, 3.8) is 0 Å². The zero-order valence-electron chi connectivity index (χ0n) is 11.4. The van der Waals surface area contributed by atoms with Gasteiger partial charge in [0, 0.05) is 16.5 Å². The minimum Gasteiger partial charge on any atom is -0.482 e. The second kappa shape index (κ2) is 3.60. The first kappa shape index (κ1) is 11.5. The van der Waals surface area contributed by atoms with Crippen LogP contribution >= 0.6 is 0 Å². The van der Waals surface area contributed by atoms with Crippen molar-refractivity contribution in [1.82, 2.24) is 0 Å². The standard InChI is InChI=1S/C18H14O2/c1-18(2)10-9-14-16(19)12-7-3-5-11-6-4-8-13(15(11)12)17(14)20-18/h3-10H,1-2H3. The second-order valence-electron chi connectivity index (χ2n) is 5.82. The molecule has 0 spiro atoms. The third-order valence-electron chi connectivity index (χ3n) is 3.90. The predicted octanol–water partition coefficient (Wildman–Crippen LogP) is 4.11. The Bertz CT molecular complexity index is 817. The number of fused-ring (bicyclic) bond motifs is 1. The Balaban J connectivity index is 2.10. The third-order valence-corrected chi connectivity index (χ3v) is 3.90. The van der Waals surface area contributed by atoms with Crippen molar-refractivity contribution in [3.05, 3.63) is 65.3 Å². The van der Waals surface area contributed by atoms with Crippen molar-refractivity contribution < 1.29 is 9.53 Å². The molecule has 0 atom stereocenters. The summed E-state index contributed by atoms with van der Waals surface area (Å²) in [5, 5.41) is 2.08. The highest BCUT2D eigenvalue weighted by atomic mass is 16.5. The molecule has 2 aliphatic rings. The van der Waals surface area contributed by atoms with Crippen LogP contribution in [0.4, 0.5) is 0 Å². The van der Waals surface area contributed by atoms with E-state index >= 15 is 0 Å². The van der Waals surface area contributed by atoms with Gasteiger partial charge in [-0.3, -0.25) is 4.79 Å². The van der Waals surface area contributed by atoms with Gasteiger partial charge in [0.25, 0.3) is 0 Å². The van der Waals surface area contributed by atoms with Crippen LogP contribution in [0.1, 0.15) is 29.8 Å². The molecule has 1 aliphatic carbocycles. The normalized spacial score (nSPS) is 19.0. The van der Waals surface area contributed by atoms with Crippen LogP contribution in [0.2, 0.25) is 0 Å². The molecular weight excluding hydrogens is 248 g/mol. The smallest absolute Gasteiger partial charge is 0.197 e. The molecule has 20 heavy (non-hydrogen) atoms. The van der Waals surface area contributed by atoms with Gasteiger partial charge in [0.05, 0.1) is 5.57 Å². The number of ketones is 1. The Kier molecular flexibility index (Phi) is 2.07. The van der Waals surface area contributed by atoms with Gasteiger partial charge in [0.2, 0.25) is 0 Å². The van der Waals surface area contributed by atoms with Crippen molar-refractivity contribution in [1.29, 1.82) is 0 Å². The minimum atomic E-state index is -0.381. The molecular formula is C18H14O2. The maximum Gasteiger partial charge on any atom is 0.197 e. The van der Waals surface area contributed by atoms with Crippen molar-refractivity contribution in [2.24, 2.45) is 0 Å². The number of hydrogen-bond donors (Lipinski definition) is 0. The fourth-order valence-electron chi connectivity index (χ4n) is 2.96. The second-order valence-corrected chi connectivity index (χ2v) is 5.82. The van der Waals surface area contributed by atoms with E-state index in [0.717, 1.165) is 21.9 Å². The fraction of sp³-hybridized carbons (Fsp3) is 0.167. The number of carbonyl (C=O) groups is 1. The number of carbonyl (C=O) groups excluding carboxylic acids is 1. The number of benzene rings is 2. The third kappa shape index (κ3) is 1.42. The maximum atomic E-state index is 12.7. The molecule has 0 bridgehead atoms. The van der Waals surface area contributed by atoms with Crippen LogP contribution in [0.5, 0.6) is 0 Å². The van der Waals surface area contributed by atoms with E-state index in [1.54, 1.807) is 0 Å². The topological polar surface area (TPSA) is 26.3 Å². The summed E-state index contributed by atoms with van der Waals surface area (Å²) in [6, 6.07) is 11.9. The zero-order chi connectivity index (χ0) is 13.9. The number of ether oxygens (including phenoxy) is 1. The highest BCUT2D eigenvalue weighted by Crippen LogP contribution is 2.41. The van der Waals surface area contributed by atoms with Gasteiger partial charge in [-0.05, 0) is 31.4 Å². The van der Waals surface area contributed by atoms with Gasteiger partial charge in [-0.25, -0.2) is 0 Å². The van der Waals surface area contributed by atoms with Crippen molar-refractivity contribution in [2.45, 2.75) is 19.4 Å². The molecule has 0 saturated heterocycles. The number of Topliss-reactive ketones (excluding diaryl/α,β-unsaturated/α-hetero) is 1. The number of rotatable bonds is 0. The first-order valence-corrected chi connectivity index (χ1v) is 6.76. The Morgan fingerprint density at radius 2 is 1.70 bits per heavy atom. The van der Waals surface area contributed by atoms with E-state index in [1.807, 2.05) is 62.4 Å². The van der Waals surface area contributed by atoms with E-state index in [1.165, 1.54) is 0 Å². The average molecular weight is 262 g/mol. The first-order valence-electron chi connectivity index (χ1n) is 6.76. The van der Waals surface area contributed by atoms with Gasteiger partial charge >= 0.3 is 0 Å². The summed E-state index contributed by atoms with van der Waals surface area (Å²) >= 11 is 0. The molecule has 1 aliphatic heterocycles. The van der Waals surface area contributed by atoms with Crippen molar-refractivity contribution >= 4 is 22.3 Å². The lowest BCUT2D eigenvalue weighted by atomic mass is 9.84. The largest absolute Gasteiger partial charge is 0.482 e. The van der Waals surface area contributed by atoms with Crippen LogP contribution in [0.3, 0.4) is 0 Å². The molecule has 1 heterocycles. The molecule has 0 saturated carbocycles. The van der Waals surface area contributed by atoms with Gasteiger partial charge in [0.15, 0.2) is 5.78 Å². The fourth-order valence-corrected chi connectivity index (χ4v) is 2.96. The predicted molar refractivity (Wildman–Crippen MR) is 79.5 cm³/mol. The monoisotopic (exact) mass is 262 g/mol. The molecule has 2 nitrogen and oxygen atoms in total. The van der Waals surface area contributed by atoms with E-state index in [-0.39, 0.29) is 11.4 Å². The van der Waals surface area contributed by atoms with Crippen LogP contribution < -0.4 is 0 Å². The van der Waals surface area contributed by atoms with Crippen molar-refractivity contribution in [2.75, 3.05) is 0 Å². The number of hydrogen-bond acceptors (Lipinski definition) is 2. The molecule has 98 valence electrons. The summed E-state index contributed by atoms with van der Waals surface area (Å²) in [4.78, 5) is 12.7.